The molecule has 2 nitrogen and oxygen atoms in total. The Labute approximate surface area is 55.9 Å². The van der Waals surface area contributed by atoms with Crippen LogP contribution in [-0.2, 0) is 4.79 Å². The maximum Gasteiger partial charge on any atom is 0.132 e. The van der Waals surface area contributed by atoms with Crippen LogP contribution in [0.4, 0.5) is 0 Å². The molecule has 0 heterocycles. The van der Waals surface area contributed by atoms with Gasteiger partial charge in [0.05, 0.1) is 0 Å². The number of aliphatic hydroxyl groups excluding tert-OH is 1. The number of rotatable bonds is 4. The van der Waals surface area contributed by atoms with Gasteiger partial charge in [-0.05, 0) is 19.8 Å². The summed E-state index contributed by atoms with van der Waals surface area (Å²) in [5.41, 5.74) is 0. The van der Waals surface area contributed by atoms with Crippen LogP contribution in [0.5, 0.6) is 0 Å². The van der Waals surface area contributed by atoms with E-state index in [0.717, 1.165) is 6.42 Å². The van der Waals surface area contributed by atoms with Crippen molar-refractivity contribution in [2.45, 2.75) is 26.7 Å². The van der Waals surface area contributed by atoms with Crippen LogP contribution >= 0.6 is 0 Å². The highest BCUT2D eigenvalue weighted by Gasteiger charge is 2.09. The Hall–Kier alpha value is -0.370. The number of carbonyl (C=O) groups is 1. The first-order chi connectivity index (χ1) is 4.22. The molecule has 0 radical (unpaired) electrons. The van der Waals surface area contributed by atoms with Crippen LogP contribution in [0.1, 0.15) is 26.7 Å². The molecule has 1 atom stereocenters. The van der Waals surface area contributed by atoms with Crippen molar-refractivity contribution in [3.8, 4) is 0 Å². The number of Topliss-reactive ketones (excluding diaryl/α,β-unsaturated/α-hetero) is 1. The summed E-state index contributed by atoms with van der Waals surface area (Å²) < 4.78 is 0. The van der Waals surface area contributed by atoms with Crippen molar-refractivity contribution in [2.75, 3.05) is 6.61 Å². The second kappa shape index (κ2) is 4.50. The quantitative estimate of drug-likeness (QED) is 0.616. The Kier molecular flexibility index (Phi) is 4.32. The Bertz CT molecular complexity index is 88.9. The maximum atomic E-state index is 10.7. The summed E-state index contributed by atoms with van der Waals surface area (Å²) in [6.07, 6.45) is 1.46. The lowest BCUT2D eigenvalue weighted by Crippen LogP contribution is -2.10. The summed E-state index contributed by atoms with van der Waals surface area (Å²) >= 11 is 0. The van der Waals surface area contributed by atoms with Gasteiger partial charge < -0.3 is 5.11 Å². The van der Waals surface area contributed by atoms with E-state index in [2.05, 4.69) is 0 Å². The zero-order valence-corrected chi connectivity index (χ0v) is 6.05. The average molecular weight is 130 g/mol. The third-order valence-corrected chi connectivity index (χ3v) is 1.55. The summed E-state index contributed by atoms with van der Waals surface area (Å²) in [5.74, 6) is 0.265. The van der Waals surface area contributed by atoms with Crippen LogP contribution < -0.4 is 0 Å². The lowest BCUT2D eigenvalue weighted by atomic mass is 9.99. The van der Waals surface area contributed by atoms with Gasteiger partial charge in [-0.15, -0.1) is 0 Å². The Morgan fingerprint density at radius 2 is 2.22 bits per heavy atom. The highest BCUT2D eigenvalue weighted by molar-refractivity contribution is 5.78. The second-order valence-electron chi connectivity index (χ2n) is 2.23. The molecule has 0 spiro atoms. The van der Waals surface area contributed by atoms with E-state index in [1.165, 1.54) is 0 Å². The molecule has 2 heteroatoms. The van der Waals surface area contributed by atoms with Gasteiger partial charge in [0.2, 0.25) is 0 Å². The SMILES string of the molecule is CCC(CCO)C(C)=O. The van der Waals surface area contributed by atoms with Crippen molar-refractivity contribution in [1.29, 1.82) is 0 Å². The molecule has 0 aliphatic carbocycles. The standard InChI is InChI=1S/C7H14O2/c1-3-7(4-5-8)6(2)9/h7-8H,3-5H2,1-2H3. The molecule has 0 bridgehead atoms. The second-order valence-corrected chi connectivity index (χ2v) is 2.23. The van der Waals surface area contributed by atoms with Gasteiger partial charge in [-0.3, -0.25) is 4.79 Å². The summed E-state index contributed by atoms with van der Waals surface area (Å²) in [6.45, 7) is 3.66. The van der Waals surface area contributed by atoms with Crippen LogP contribution in [-0.4, -0.2) is 17.5 Å². The normalized spacial score (nSPS) is 13.2. The van der Waals surface area contributed by atoms with Crippen LogP contribution in [0.15, 0.2) is 0 Å². The summed E-state index contributed by atoms with van der Waals surface area (Å²) in [6, 6.07) is 0. The molecule has 0 rings (SSSR count). The van der Waals surface area contributed by atoms with Gasteiger partial charge in [0.1, 0.15) is 5.78 Å². The van der Waals surface area contributed by atoms with Gasteiger partial charge >= 0.3 is 0 Å². The molecule has 54 valence electrons. The molecule has 0 aromatic rings. The molecule has 0 aromatic heterocycles. The van der Waals surface area contributed by atoms with Crippen molar-refractivity contribution in [3.05, 3.63) is 0 Å². The molecule has 0 aliphatic rings. The molecule has 0 saturated carbocycles. The van der Waals surface area contributed by atoms with Crippen LogP contribution in [0.2, 0.25) is 0 Å². The minimum atomic E-state index is 0.0787. The molecule has 0 saturated heterocycles. The molecule has 0 aliphatic heterocycles. The van der Waals surface area contributed by atoms with E-state index in [4.69, 9.17) is 5.11 Å². The van der Waals surface area contributed by atoms with E-state index in [9.17, 15) is 4.79 Å². The first-order valence-electron chi connectivity index (χ1n) is 3.33. The maximum absolute atomic E-state index is 10.7. The highest BCUT2D eigenvalue weighted by atomic mass is 16.3. The molecule has 0 amide bonds. The Morgan fingerprint density at radius 1 is 1.67 bits per heavy atom. The van der Waals surface area contributed by atoms with Gasteiger partial charge in [0.15, 0.2) is 0 Å². The molecule has 1 unspecified atom stereocenters. The molecule has 9 heavy (non-hydrogen) atoms. The van der Waals surface area contributed by atoms with Crippen molar-refractivity contribution in [2.24, 2.45) is 5.92 Å². The summed E-state index contributed by atoms with van der Waals surface area (Å²) in [4.78, 5) is 10.7. The van der Waals surface area contributed by atoms with Gasteiger partial charge in [-0.25, -0.2) is 0 Å². The van der Waals surface area contributed by atoms with E-state index in [-0.39, 0.29) is 18.3 Å². The number of ketones is 1. The Morgan fingerprint density at radius 3 is 2.33 bits per heavy atom. The fraction of sp³-hybridized carbons (Fsp3) is 0.857. The number of carbonyl (C=O) groups excluding carboxylic acids is 1. The van der Waals surface area contributed by atoms with E-state index >= 15 is 0 Å². The largest absolute Gasteiger partial charge is 0.396 e. The zero-order valence-electron chi connectivity index (χ0n) is 6.05. The lowest BCUT2D eigenvalue weighted by Gasteiger charge is -2.06. The van der Waals surface area contributed by atoms with Crippen molar-refractivity contribution < 1.29 is 9.90 Å². The average Bonchev–Trinajstić information content (AvgIpc) is 1.82. The lowest BCUT2D eigenvalue weighted by molar-refractivity contribution is -0.121. The third kappa shape index (κ3) is 3.25. The number of hydrogen-bond acceptors (Lipinski definition) is 2. The third-order valence-electron chi connectivity index (χ3n) is 1.55. The topological polar surface area (TPSA) is 37.3 Å². The minimum absolute atomic E-state index is 0.0787. The molecular weight excluding hydrogens is 116 g/mol. The Balaban J connectivity index is 3.54. The monoisotopic (exact) mass is 130 g/mol. The molecule has 0 aromatic carbocycles. The van der Waals surface area contributed by atoms with E-state index in [0.29, 0.717) is 6.42 Å². The van der Waals surface area contributed by atoms with Gasteiger partial charge in [-0.1, -0.05) is 6.92 Å². The first kappa shape index (κ1) is 8.63. The predicted octanol–water partition coefficient (Wildman–Crippen LogP) is 0.984. The number of aliphatic hydroxyl groups is 1. The fourth-order valence-corrected chi connectivity index (χ4v) is 0.851. The van der Waals surface area contributed by atoms with E-state index in [1.807, 2.05) is 6.92 Å². The van der Waals surface area contributed by atoms with Crippen molar-refractivity contribution in [1.82, 2.24) is 0 Å². The van der Waals surface area contributed by atoms with Crippen LogP contribution in [0.25, 0.3) is 0 Å². The minimum Gasteiger partial charge on any atom is -0.396 e. The number of hydrogen-bond donors (Lipinski definition) is 1. The van der Waals surface area contributed by atoms with Gasteiger partial charge in [-0.2, -0.15) is 0 Å². The molecule has 1 N–H and O–H groups in total. The predicted molar refractivity (Wildman–Crippen MR) is 36.2 cm³/mol. The first-order valence-corrected chi connectivity index (χ1v) is 3.33. The van der Waals surface area contributed by atoms with Crippen LogP contribution in [0.3, 0.4) is 0 Å². The van der Waals surface area contributed by atoms with Gasteiger partial charge in [0.25, 0.3) is 0 Å². The summed E-state index contributed by atoms with van der Waals surface area (Å²) in [7, 11) is 0. The smallest absolute Gasteiger partial charge is 0.132 e. The fourth-order valence-electron chi connectivity index (χ4n) is 0.851. The van der Waals surface area contributed by atoms with Crippen molar-refractivity contribution >= 4 is 5.78 Å². The highest BCUT2D eigenvalue weighted by Crippen LogP contribution is 2.07. The van der Waals surface area contributed by atoms with E-state index in [1.54, 1.807) is 6.92 Å². The van der Waals surface area contributed by atoms with Crippen LogP contribution in [0, 0.1) is 5.92 Å². The van der Waals surface area contributed by atoms with Gasteiger partial charge in [0, 0.05) is 12.5 Å². The zero-order chi connectivity index (χ0) is 7.28. The van der Waals surface area contributed by atoms with E-state index < -0.39 is 0 Å². The van der Waals surface area contributed by atoms with Crippen molar-refractivity contribution in [3.63, 3.8) is 0 Å². The molecule has 0 fully saturated rings. The molecular formula is C7H14O2. The summed E-state index contributed by atoms with van der Waals surface area (Å²) in [5, 5.41) is 8.46.